The third kappa shape index (κ3) is 5.76. The zero-order valence-electron chi connectivity index (χ0n) is 22.4. The van der Waals surface area contributed by atoms with E-state index >= 15 is 0 Å². The molecule has 39 heavy (non-hydrogen) atoms. The van der Waals surface area contributed by atoms with Gasteiger partial charge in [0.25, 0.3) is 0 Å². The van der Waals surface area contributed by atoms with Crippen LogP contribution in [0.2, 0.25) is 0 Å². The van der Waals surface area contributed by atoms with Crippen molar-refractivity contribution in [2.45, 2.75) is 83.2 Å². The lowest BCUT2D eigenvalue weighted by Crippen LogP contribution is -2.61. The number of halogens is 3. The number of alkyl halides is 3. The van der Waals surface area contributed by atoms with Crippen LogP contribution in [-0.4, -0.2) is 70.2 Å². The molecule has 7 atom stereocenters. The first-order chi connectivity index (χ1) is 18.3. The molecule has 2 amide bonds. The second kappa shape index (κ2) is 11.2. The SMILES string of the molecule is CC1(CO)C(OC(=O)Nc2cccc(C(F)(F)F)c2)CCC2(C)C(CC(=O)N3CCCC3CO)C(O)CCC12. The van der Waals surface area contributed by atoms with Gasteiger partial charge in [0, 0.05) is 24.1 Å². The average molecular weight is 557 g/mol. The summed E-state index contributed by atoms with van der Waals surface area (Å²) in [4.78, 5) is 27.7. The van der Waals surface area contributed by atoms with Crippen LogP contribution in [0.3, 0.4) is 0 Å². The van der Waals surface area contributed by atoms with Crippen LogP contribution in [0.5, 0.6) is 0 Å². The average Bonchev–Trinajstić information content (AvgIpc) is 3.37. The molecule has 2 aliphatic carbocycles. The molecule has 1 aromatic carbocycles. The molecule has 3 fully saturated rings. The molecule has 0 spiro atoms. The smallest absolute Gasteiger partial charge is 0.416 e. The van der Waals surface area contributed by atoms with Crippen molar-refractivity contribution in [3.63, 3.8) is 0 Å². The number of benzene rings is 1. The summed E-state index contributed by atoms with van der Waals surface area (Å²) in [6.07, 6.45) is -3.27. The minimum Gasteiger partial charge on any atom is -0.445 e. The van der Waals surface area contributed by atoms with Gasteiger partial charge in [-0.25, -0.2) is 4.79 Å². The number of rotatable bonds is 6. The minimum atomic E-state index is -4.55. The molecule has 11 heteroatoms. The standard InChI is InChI=1S/C28H39F3N2O6/c1-26-11-10-23(39-25(38)32-18-6-3-5-17(13-18)28(29,30)31)27(2,16-35)22(26)9-8-21(36)20(26)14-24(37)33-12-4-7-19(33)15-34/h3,5-6,13,19-23,34-36H,4,7-12,14-16H2,1-2H3,(H,32,38). The molecule has 1 aromatic rings. The number of hydrogen-bond donors (Lipinski definition) is 4. The lowest BCUT2D eigenvalue weighted by atomic mass is 9.46. The van der Waals surface area contributed by atoms with E-state index in [4.69, 9.17) is 4.74 Å². The first kappa shape index (κ1) is 29.6. The van der Waals surface area contributed by atoms with E-state index in [-0.39, 0.29) is 49.1 Å². The normalized spacial score (nSPS) is 34.9. The van der Waals surface area contributed by atoms with Crippen LogP contribution < -0.4 is 5.32 Å². The lowest BCUT2D eigenvalue weighted by Gasteiger charge is -2.60. The van der Waals surface area contributed by atoms with Crippen LogP contribution in [0.1, 0.15) is 64.4 Å². The molecule has 1 aliphatic heterocycles. The van der Waals surface area contributed by atoms with Gasteiger partial charge in [0.15, 0.2) is 0 Å². The summed E-state index contributed by atoms with van der Waals surface area (Å²) >= 11 is 0. The summed E-state index contributed by atoms with van der Waals surface area (Å²) in [6.45, 7) is 4.04. The molecular weight excluding hydrogens is 517 g/mol. The number of likely N-dealkylation sites (tertiary alicyclic amines) is 1. The van der Waals surface area contributed by atoms with Crippen molar-refractivity contribution in [2.24, 2.45) is 22.7 Å². The third-order valence-corrected chi connectivity index (χ3v) is 9.66. The number of aliphatic hydroxyl groups excluding tert-OH is 3. The van der Waals surface area contributed by atoms with E-state index in [2.05, 4.69) is 5.32 Å². The van der Waals surface area contributed by atoms with Crippen molar-refractivity contribution in [1.82, 2.24) is 4.90 Å². The van der Waals surface area contributed by atoms with Crippen molar-refractivity contribution in [3.8, 4) is 0 Å². The van der Waals surface area contributed by atoms with Gasteiger partial charge in [-0.1, -0.05) is 19.9 Å². The van der Waals surface area contributed by atoms with Gasteiger partial charge in [-0.05, 0) is 74.0 Å². The van der Waals surface area contributed by atoms with Crippen LogP contribution in [0.15, 0.2) is 24.3 Å². The molecule has 0 aromatic heterocycles. The quantitative estimate of drug-likeness (QED) is 0.418. The Hall–Kier alpha value is -2.37. The van der Waals surface area contributed by atoms with Crippen LogP contribution in [-0.2, 0) is 15.7 Å². The summed E-state index contributed by atoms with van der Waals surface area (Å²) in [7, 11) is 0. The number of nitrogens with zero attached hydrogens (tertiary/aromatic N) is 1. The Morgan fingerprint density at radius 1 is 1.15 bits per heavy atom. The van der Waals surface area contributed by atoms with Crippen molar-refractivity contribution in [3.05, 3.63) is 29.8 Å². The molecule has 4 rings (SSSR count). The second-order valence-corrected chi connectivity index (χ2v) is 11.9. The van der Waals surface area contributed by atoms with E-state index in [0.29, 0.717) is 32.2 Å². The van der Waals surface area contributed by atoms with Gasteiger partial charge in [-0.2, -0.15) is 13.2 Å². The van der Waals surface area contributed by atoms with Gasteiger partial charge in [-0.15, -0.1) is 0 Å². The number of amides is 2. The van der Waals surface area contributed by atoms with Gasteiger partial charge in [0.05, 0.1) is 30.9 Å². The molecule has 8 nitrogen and oxygen atoms in total. The maximum Gasteiger partial charge on any atom is 0.416 e. The fourth-order valence-electron chi connectivity index (χ4n) is 7.49. The third-order valence-electron chi connectivity index (χ3n) is 9.66. The Bertz CT molecular complexity index is 1050. The molecular formula is C28H39F3N2O6. The molecule has 0 bridgehead atoms. The first-order valence-electron chi connectivity index (χ1n) is 13.7. The Morgan fingerprint density at radius 2 is 1.90 bits per heavy atom. The summed E-state index contributed by atoms with van der Waals surface area (Å²) in [6, 6.07) is 4.07. The summed E-state index contributed by atoms with van der Waals surface area (Å²) in [5.41, 5.74) is -2.35. The molecule has 4 N–H and O–H groups in total. The van der Waals surface area contributed by atoms with Gasteiger partial charge in [0.1, 0.15) is 6.10 Å². The molecule has 1 heterocycles. The maximum atomic E-state index is 13.3. The molecule has 7 unspecified atom stereocenters. The molecule has 1 saturated heterocycles. The number of fused-ring (bicyclic) bond motifs is 1. The number of nitrogens with one attached hydrogen (secondary N) is 1. The number of aliphatic hydroxyl groups is 3. The highest BCUT2D eigenvalue weighted by Crippen LogP contribution is 2.61. The molecule has 3 aliphatic rings. The highest BCUT2D eigenvalue weighted by Gasteiger charge is 2.60. The predicted molar refractivity (Wildman–Crippen MR) is 137 cm³/mol. The zero-order chi connectivity index (χ0) is 28.6. The van der Waals surface area contributed by atoms with E-state index in [1.54, 1.807) is 4.90 Å². The van der Waals surface area contributed by atoms with Crippen molar-refractivity contribution in [1.29, 1.82) is 0 Å². The number of carbonyl (C=O) groups is 2. The monoisotopic (exact) mass is 556 g/mol. The zero-order valence-corrected chi connectivity index (χ0v) is 22.4. The fraction of sp³-hybridized carbons (Fsp3) is 0.714. The van der Waals surface area contributed by atoms with Crippen molar-refractivity contribution >= 4 is 17.7 Å². The Balaban J connectivity index is 1.49. The lowest BCUT2D eigenvalue weighted by molar-refractivity contribution is -0.186. The fourth-order valence-corrected chi connectivity index (χ4v) is 7.49. The largest absolute Gasteiger partial charge is 0.445 e. The van der Waals surface area contributed by atoms with Crippen molar-refractivity contribution in [2.75, 3.05) is 25.1 Å². The van der Waals surface area contributed by atoms with E-state index in [9.17, 15) is 38.1 Å². The van der Waals surface area contributed by atoms with Gasteiger partial charge in [-0.3, -0.25) is 10.1 Å². The molecule has 2 saturated carbocycles. The highest BCUT2D eigenvalue weighted by atomic mass is 19.4. The van der Waals surface area contributed by atoms with Crippen LogP contribution in [0.4, 0.5) is 23.7 Å². The van der Waals surface area contributed by atoms with Crippen LogP contribution in [0.25, 0.3) is 0 Å². The number of ether oxygens (including phenoxy) is 1. The Morgan fingerprint density at radius 3 is 2.56 bits per heavy atom. The summed E-state index contributed by atoms with van der Waals surface area (Å²) in [5.74, 6) is -0.639. The second-order valence-electron chi connectivity index (χ2n) is 11.9. The van der Waals surface area contributed by atoms with E-state index in [0.717, 1.165) is 25.0 Å². The molecule has 0 radical (unpaired) electrons. The minimum absolute atomic E-state index is 0.0522. The van der Waals surface area contributed by atoms with Crippen LogP contribution >= 0.6 is 0 Å². The summed E-state index contributed by atoms with van der Waals surface area (Å²) < 4.78 is 44.9. The number of hydrogen-bond acceptors (Lipinski definition) is 6. The van der Waals surface area contributed by atoms with E-state index in [1.807, 2.05) is 13.8 Å². The van der Waals surface area contributed by atoms with Gasteiger partial charge < -0.3 is 25.0 Å². The number of anilines is 1. The Labute approximate surface area is 226 Å². The Kier molecular flexibility index (Phi) is 8.54. The maximum absolute atomic E-state index is 13.3. The van der Waals surface area contributed by atoms with Gasteiger partial charge >= 0.3 is 12.3 Å². The topological polar surface area (TPSA) is 119 Å². The predicted octanol–water partition coefficient (Wildman–Crippen LogP) is 4.18. The van der Waals surface area contributed by atoms with Crippen molar-refractivity contribution < 1.29 is 42.8 Å². The van der Waals surface area contributed by atoms with E-state index < -0.39 is 40.9 Å². The van der Waals surface area contributed by atoms with Gasteiger partial charge in [0.2, 0.25) is 5.91 Å². The summed E-state index contributed by atoms with van der Waals surface area (Å²) in [5, 5.41) is 33.6. The van der Waals surface area contributed by atoms with E-state index in [1.165, 1.54) is 12.1 Å². The first-order valence-corrected chi connectivity index (χ1v) is 13.7. The van der Waals surface area contributed by atoms with Crippen LogP contribution in [0, 0.1) is 22.7 Å². The highest BCUT2D eigenvalue weighted by molar-refractivity contribution is 5.84. The number of carbonyl (C=O) groups excluding carboxylic acids is 2. The molecule has 218 valence electrons.